The van der Waals surface area contributed by atoms with Gasteiger partial charge in [-0.15, -0.1) is 0 Å². The molecule has 4 rings (SSSR count). The highest BCUT2D eigenvalue weighted by Gasteiger charge is 2.68. The molecule has 7 heteroatoms. The van der Waals surface area contributed by atoms with Crippen molar-refractivity contribution in [3.63, 3.8) is 0 Å². The Kier molecular flexibility index (Phi) is 3.45. The SMILES string of the molecule is O=C(O)CCNC(=O)C12CC3CC(C1)CC(C(F)(F)F)(C3)C2. The van der Waals surface area contributed by atoms with E-state index in [1.165, 1.54) is 0 Å². The summed E-state index contributed by atoms with van der Waals surface area (Å²) < 4.78 is 40.7. The summed E-state index contributed by atoms with van der Waals surface area (Å²) in [4.78, 5) is 23.0. The van der Waals surface area contributed by atoms with E-state index in [-0.39, 0.29) is 50.0 Å². The Labute approximate surface area is 126 Å². The van der Waals surface area contributed by atoms with Crippen LogP contribution in [0.25, 0.3) is 0 Å². The monoisotopic (exact) mass is 319 g/mol. The molecule has 2 unspecified atom stereocenters. The van der Waals surface area contributed by atoms with Gasteiger partial charge in [-0.05, 0) is 50.4 Å². The summed E-state index contributed by atoms with van der Waals surface area (Å²) in [6, 6.07) is 0. The molecule has 0 spiro atoms. The Morgan fingerprint density at radius 1 is 1.14 bits per heavy atom. The fourth-order valence-corrected chi connectivity index (χ4v) is 5.33. The van der Waals surface area contributed by atoms with Crippen LogP contribution in [0.1, 0.15) is 44.9 Å². The minimum Gasteiger partial charge on any atom is -0.481 e. The predicted molar refractivity (Wildman–Crippen MR) is 70.9 cm³/mol. The quantitative estimate of drug-likeness (QED) is 0.837. The fraction of sp³-hybridized carbons (Fsp3) is 0.867. The van der Waals surface area contributed by atoms with Crippen LogP contribution in [0.15, 0.2) is 0 Å². The number of hydrogen-bond acceptors (Lipinski definition) is 2. The highest BCUT2D eigenvalue weighted by Crippen LogP contribution is 2.69. The van der Waals surface area contributed by atoms with Crippen LogP contribution in [0.4, 0.5) is 13.2 Å². The number of carbonyl (C=O) groups is 2. The predicted octanol–water partition coefficient (Wildman–Crippen LogP) is 2.73. The van der Waals surface area contributed by atoms with Crippen LogP contribution in [-0.4, -0.2) is 29.7 Å². The van der Waals surface area contributed by atoms with Gasteiger partial charge in [-0.1, -0.05) is 0 Å². The Hall–Kier alpha value is -1.27. The van der Waals surface area contributed by atoms with Gasteiger partial charge in [0, 0.05) is 6.54 Å². The van der Waals surface area contributed by atoms with E-state index < -0.39 is 23.0 Å². The molecule has 0 saturated heterocycles. The molecule has 0 aromatic carbocycles. The average Bonchev–Trinajstić information content (AvgIpc) is 2.35. The smallest absolute Gasteiger partial charge is 0.394 e. The van der Waals surface area contributed by atoms with Crippen molar-refractivity contribution in [2.24, 2.45) is 22.7 Å². The molecule has 4 saturated carbocycles. The number of carboxylic acids is 1. The highest BCUT2D eigenvalue weighted by atomic mass is 19.4. The molecular weight excluding hydrogens is 299 g/mol. The number of aliphatic carboxylic acids is 1. The summed E-state index contributed by atoms with van der Waals surface area (Å²) in [5.74, 6) is -1.48. The molecule has 1 amide bonds. The topological polar surface area (TPSA) is 66.4 Å². The number of carboxylic acid groups (broad SMARTS) is 1. The lowest BCUT2D eigenvalue weighted by Gasteiger charge is -2.61. The third-order valence-corrected chi connectivity index (χ3v) is 5.77. The van der Waals surface area contributed by atoms with Crippen LogP contribution in [0.2, 0.25) is 0 Å². The van der Waals surface area contributed by atoms with E-state index in [2.05, 4.69) is 5.32 Å². The summed E-state index contributed by atoms with van der Waals surface area (Å²) in [7, 11) is 0. The number of nitrogens with one attached hydrogen (secondary N) is 1. The molecule has 4 aliphatic carbocycles. The first kappa shape index (κ1) is 15.6. The van der Waals surface area contributed by atoms with E-state index in [0.717, 1.165) is 6.42 Å². The Balaban J connectivity index is 1.79. The lowest BCUT2D eigenvalue weighted by atomic mass is 9.43. The maximum Gasteiger partial charge on any atom is 0.394 e. The molecular formula is C15H20F3NO3. The van der Waals surface area contributed by atoms with Gasteiger partial charge in [-0.25, -0.2) is 0 Å². The third-order valence-electron chi connectivity index (χ3n) is 5.77. The number of halogens is 3. The van der Waals surface area contributed by atoms with E-state index >= 15 is 0 Å². The molecule has 4 fully saturated rings. The fourth-order valence-electron chi connectivity index (χ4n) is 5.33. The highest BCUT2D eigenvalue weighted by molar-refractivity contribution is 5.83. The second-order valence-corrected chi connectivity index (χ2v) is 7.42. The lowest BCUT2D eigenvalue weighted by molar-refractivity contribution is -0.283. The average molecular weight is 319 g/mol. The zero-order valence-corrected chi connectivity index (χ0v) is 12.2. The third kappa shape index (κ3) is 2.38. The molecule has 22 heavy (non-hydrogen) atoms. The molecule has 0 heterocycles. The van der Waals surface area contributed by atoms with Crippen molar-refractivity contribution >= 4 is 11.9 Å². The number of carbonyl (C=O) groups excluding carboxylic acids is 1. The van der Waals surface area contributed by atoms with E-state index in [9.17, 15) is 22.8 Å². The van der Waals surface area contributed by atoms with Gasteiger partial charge in [-0.2, -0.15) is 13.2 Å². The second kappa shape index (κ2) is 4.86. The second-order valence-electron chi connectivity index (χ2n) is 7.42. The normalized spacial score (nSPS) is 39.8. The first-order valence-corrected chi connectivity index (χ1v) is 7.73. The van der Waals surface area contributed by atoms with Crippen molar-refractivity contribution in [3.8, 4) is 0 Å². The van der Waals surface area contributed by atoms with Crippen molar-refractivity contribution in [1.29, 1.82) is 0 Å². The summed E-state index contributed by atoms with van der Waals surface area (Å²) in [5.41, 5.74) is -2.65. The van der Waals surface area contributed by atoms with Gasteiger partial charge >= 0.3 is 12.1 Å². The first-order valence-electron chi connectivity index (χ1n) is 7.73. The van der Waals surface area contributed by atoms with Crippen molar-refractivity contribution in [2.45, 2.75) is 51.1 Å². The molecule has 0 aliphatic heterocycles. The van der Waals surface area contributed by atoms with Crippen molar-refractivity contribution < 1.29 is 27.9 Å². The van der Waals surface area contributed by atoms with Crippen molar-refractivity contribution in [1.82, 2.24) is 5.32 Å². The number of amides is 1. The summed E-state index contributed by atoms with van der Waals surface area (Å²) in [6.07, 6.45) is -2.48. The maximum atomic E-state index is 13.6. The molecule has 0 aromatic heterocycles. The Bertz CT molecular complexity index is 489. The largest absolute Gasteiger partial charge is 0.481 e. The van der Waals surface area contributed by atoms with Crippen molar-refractivity contribution in [2.75, 3.05) is 6.54 Å². The van der Waals surface area contributed by atoms with E-state index in [1.807, 2.05) is 0 Å². The minimum absolute atomic E-state index is 0.0235. The molecule has 4 aliphatic rings. The van der Waals surface area contributed by atoms with E-state index in [4.69, 9.17) is 5.11 Å². The molecule has 0 radical (unpaired) electrons. The van der Waals surface area contributed by atoms with Crippen LogP contribution >= 0.6 is 0 Å². The lowest BCUT2D eigenvalue weighted by Crippen LogP contribution is -2.61. The first-order chi connectivity index (χ1) is 10.2. The van der Waals surface area contributed by atoms with Crippen molar-refractivity contribution in [3.05, 3.63) is 0 Å². The number of alkyl halides is 3. The maximum absolute atomic E-state index is 13.6. The zero-order chi connectivity index (χ0) is 16.2. The number of hydrogen-bond donors (Lipinski definition) is 2. The Morgan fingerprint density at radius 3 is 2.23 bits per heavy atom. The molecule has 4 bridgehead atoms. The molecule has 2 N–H and O–H groups in total. The standard InChI is InChI=1S/C15H20F3NO3/c16-15(17,18)14-6-9-3-10(7-14)5-13(4-9,8-14)12(22)19-2-1-11(20)21/h9-10H,1-8H2,(H,19,22)(H,20,21). The van der Waals surface area contributed by atoms with Crippen LogP contribution in [0.5, 0.6) is 0 Å². The molecule has 0 aromatic rings. The van der Waals surface area contributed by atoms with Gasteiger partial charge in [0.15, 0.2) is 0 Å². The van der Waals surface area contributed by atoms with Gasteiger partial charge in [0.2, 0.25) is 5.91 Å². The van der Waals surface area contributed by atoms with Crippen LogP contribution in [-0.2, 0) is 9.59 Å². The van der Waals surface area contributed by atoms with E-state index in [0.29, 0.717) is 12.8 Å². The van der Waals surface area contributed by atoms with Crippen LogP contribution in [0, 0.1) is 22.7 Å². The molecule has 2 atom stereocenters. The van der Waals surface area contributed by atoms with Gasteiger partial charge < -0.3 is 10.4 Å². The summed E-state index contributed by atoms with van der Waals surface area (Å²) in [6.45, 7) is -0.0235. The summed E-state index contributed by atoms with van der Waals surface area (Å²) >= 11 is 0. The van der Waals surface area contributed by atoms with Gasteiger partial charge in [-0.3, -0.25) is 9.59 Å². The Morgan fingerprint density at radius 2 is 1.73 bits per heavy atom. The van der Waals surface area contributed by atoms with E-state index in [1.54, 1.807) is 0 Å². The number of rotatable bonds is 4. The minimum atomic E-state index is -4.27. The van der Waals surface area contributed by atoms with Gasteiger partial charge in [0.25, 0.3) is 0 Å². The van der Waals surface area contributed by atoms with Crippen LogP contribution in [0.3, 0.4) is 0 Å². The van der Waals surface area contributed by atoms with Gasteiger partial charge in [0.05, 0.1) is 17.3 Å². The summed E-state index contributed by atoms with van der Waals surface area (Å²) in [5, 5.41) is 11.2. The van der Waals surface area contributed by atoms with Gasteiger partial charge in [0.1, 0.15) is 0 Å². The zero-order valence-electron chi connectivity index (χ0n) is 12.2. The molecule has 124 valence electrons. The molecule has 4 nitrogen and oxygen atoms in total. The van der Waals surface area contributed by atoms with Crippen LogP contribution < -0.4 is 5.32 Å².